The van der Waals surface area contributed by atoms with Gasteiger partial charge in [0.05, 0.1) is 12.5 Å². The maximum atomic E-state index is 11.3. The lowest BCUT2D eigenvalue weighted by Gasteiger charge is -2.21. The molecule has 0 radical (unpaired) electrons. The second kappa shape index (κ2) is 6.62. The summed E-state index contributed by atoms with van der Waals surface area (Å²) in [5.41, 5.74) is 0. The first kappa shape index (κ1) is 12.2. The van der Waals surface area contributed by atoms with E-state index >= 15 is 0 Å². The minimum Gasteiger partial charge on any atom is -0.466 e. The van der Waals surface area contributed by atoms with Gasteiger partial charge in [0.25, 0.3) is 0 Å². The van der Waals surface area contributed by atoms with Crippen LogP contribution in [0.25, 0.3) is 0 Å². The summed E-state index contributed by atoms with van der Waals surface area (Å²) in [4.78, 5) is 11.3. The molecule has 3 nitrogen and oxygen atoms in total. The molecular formula is C12H21NO2. The number of hydrogen-bond acceptors (Lipinski definition) is 3. The molecule has 0 spiro atoms. The molecule has 15 heavy (non-hydrogen) atoms. The number of carbonyl (C=O) groups is 1. The summed E-state index contributed by atoms with van der Waals surface area (Å²) >= 11 is 0. The predicted molar refractivity (Wildman–Crippen MR) is 60.6 cm³/mol. The minimum atomic E-state index is -0.101. The highest BCUT2D eigenvalue weighted by Crippen LogP contribution is 2.10. The molecule has 0 aromatic carbocycles. The smallest absolute Gasteiger partial charge is 0.309 e. The van der Waals surface area contributed by atoms with Crippen LogP contribution in [-0.2, 0) is 9.53 Å². The van der Waals surface area contributed by atoms with Gasteiger partial charge in [-0.05, 0) is 26.2 Å². The zero-order chi connectivity index (χ0) is 11.1. The standard InChI is InChI=1S/C12H21NO2/c1-3-15-12(14)10(2)9-13-11-7-5-4-6-8-11/h4-5,10-11,13H,3,6-9H2,1-2H3. The number of allylic oxidation sites excluding steroid dienone is 1. The van der Waals surface area contributed by atoms with Gasteiger partial charge in [-0.3, -0.25) is 4.79 Å². The minimum absolute atomic E-state index is 0.0455. The lowest BCUT2D eigenvalue weighted by molar-refractivity contribution is -0.147. The van der Waals surface area contributed by atoms with Crippen molar-refractivity contribution >= 4 is 5.97 Å². The lowest BCUT2D eigenvalue weighted by atomic mass is 10.0. The Hall–Kier alpha value is -0.830. The topological polar surface area (TPSA) is 38.3 Å². The van der Waals surface area contributed by atoms with Gasteiger partial charge < -0.3 is 10.1 Å². The van der Waals surface area contributed by atoms with Gasteiger partial charge in [0.15, 0.2) is 0 Å². The number of esters is 1. The van der Waals surface area contributed by atoms with Crippen molar-refractivity contribution in [3.8, 4) is 0 Å². The van der Waals surface area contributed by atoms with E-state index < -0.39 is 0 Å². The van der Waals surface area contributed by atoms with E-state index in [2.05, 4.69) is 17.5 Å². The van der Waals surface area contributed by atoms with Crippen LogP contribution < -0.4 is 5.32 Å². The molecule has 0 bridgehead atoms. The van der Waals surface area contributed by atoms with Crippen molar-refractivity contribution in [3.63, 3.8) is 0 Å². The Morgan fingerprint density at radius 3 is 3.00 bits per heavy atom. The molecule has 0 saturated heterocycles. The van der Waals surface area contributed by atoms with Crippen LogP contribution in [0.15, 0.2) is 12.2 Å². The first-order chi connectivity index (χ1) is 7.24. The van der Waals surface area contributed by atoms with Crippen LogP contribution in [0.4, 0.5) is 0 Å². The van der Waals surface area contributed by atoms with Gasteiger partial charge >= 0.3 is 5.97 Å². The number of ether oxygens (including phenoxy) is 1. The van der Waals surface area contributed by atoms with E-state index in [0.29, 0.717) is 12.6 Å². The summed E-state index contributed by atoms with van der Waals surface area (Å²) in [5, 5.41) is 3.41. The molecule has 0 aromatic rings. The zero-order valence-electron chi connectivity index (χ0n) is 9.66. The quantitative estimate of drug-likeness (QED) is 0.557. The van der Waals surface area contributed by atoms with Crippen molar-refractivity contribution < 1.29 is 9.53 Å². The van der Waals surface area contributed by atoms with Gasteiger partial charge in [-0.25, -0.2) is 0 Å². The summed E-state index contributed by atoms with van der Waals surface area (Å²) in [7, 11) is 0. The fourth-order valence-electron chi connectivity index (χ4n) is 1.69. The molecule has 86 valence electrons. The monoisotopic (exact) mass is 211 g/mol. The van der Waals surface area contributed by atoms with Crippen LogP contribution in [0.5, 0.6) is 0 Å². The average molecular weight is 211 g/mol. The van der Waals surface area contributed by atoms with Gasteiger partial charge in [0.2, 0.25) is 0 Å². The summed E-state index contributed by atoms with van der Waals surface area (Å²) in [6.07, 6.45) is 7.82. The maximum Gasteiger partial charge on any atom is 0.309 e. The number of hydrogen-bond donors (Lipinski definition) is 1. The molecule has 3 heteroatoms. The first-order valence-electron chi connectivity index (χ1n) is 5.79. The molecule has 0 fully saturated rings. The third-order valence-electron chi connectivity index (χ3n) is 2.67. The SMILES string of the molecule is CCOC(=O)C(C)CNC1CC=CCC1. The molecule has 1 rings (SSSR count). The molecule has 0 aromatic heterocycles. The molecule has 0 heterocycles. The molecule has 0 aliphatic heterocycles. The van der Waals surface area contributed by atoms with Crippen LogP contribution in [0.1, 0.15) is 33.1 Å². The molecule has 0 amide bonds. The fourth-order valence-corrected chi connectivity index (χ4v) is 1.69. The lowest BCUT2D eigenvalue weighted by Crippen LogP contribution is -2.36. The predicted octanol–water partition coefficient (Wildman–Crippen LogP) is 1.88. The Balaban J connectivity index is 2.18. The summed E-state index contributed by atoms with van der Waals surface area (Å²) in [6.45, 7) is 4.93. The first-order valence-corrected chi connectivity index (χ1v) is 5.79. The second-order valence-corrected chi connectivity index (χ2v) is 4.04. The van der Waals surface area contributed by atoms with Crippen molar-refractivity contribution in [1.29, 1.82) is 0 Å². The highest BCUT2D eigenvalue weighted by Gasteiger charge is 2.16. The van der Waals surface area contributed by atoms with E-state index in [1.807, 2.05) is 13.8 Å². The highest BCUT2D eigenvalue weighted by atomic mass is 16.5. The van der Waals surface area contributed by atoms with Gasteiger partial charge in [0.1, 0.15) is 0 Å². The van der Waals surface area contributed by atoms with Crippen molar-refractivity contribution in [2.24, 2.45) is 5.92 Å². The molecule has 2 unspecified atom stereocenters. The highest BCUT2D eigenvalue weighted by molar-refractivity contribution is 5.72. The third-order valence-corrected chi connectivity index (χ3v) is 2.67. The molecule has 1 N–H and O–H groups in total. The average Bonchev–Trinajstić information content (AvgIpc) is 2.27. The van der Waals surface area contributed by atoms with Gasteiger partial charge in [-0.2, -0.15) is 0 Å². The maximum absolute atomic E-state index is 11.3. The van der Waals surface area contributed by atoms with Crippen LogP contribution in [0.2, 0.25) is 0 Å². The van der Waals surface area contributed by atoms with Crippen LogP contribution in [-0.4, -0.2) is 25.2 Å². The normalized spacial score (nSPS) is 22.4. The number of nitrogens with one attached hydrogen (secondary N) is 1. The molecule has 1 aliphatic carbocycles. The van der Waals surface area contributed by atoms with Crippen LogP contribution in [0, 0.1) is 5.92 Å². The fraction of sp³-hybridized carbons (Fsp3) is 0.750. The zero-order valence-corrected chi connectivity index (χ0v) is 9.66. The van der Waals surface area contributed by atoms with E-state index in [9.17, 15) is 4.79 Å². The second-order valence-electron chi connectivity index (χ2n) is 4.04. The number of carbonyl (C=O) groups excluding carboxylic acids is 1. The Labute approximate surface area is 91.9 Å². The van der Waals surface area contributed by atoms with E-state index in [1.54, 1.807) is 0 Å². The molecular weight excluding hydrogens is 190 g/mol. The van der Waals surface area contributed by atoms with Gasteiger partial charge in [-0.1, -0.05) is 19.1 Å². The summed E-state index contributed by atoms with van der Waals surface area (Å²) in [6, 6.07) is 0.534. The number of rotatable bonds is 5. The van der Waals surface area contributed by atoms with E-state index in [4.69, 9.17) is 4.74 Å². The Kier molecular flexibility index (Phi) is 5.40. The molecule has 1 aliphatic rings. The Bertz CT molecular complexity index is 226. The van der Waals surface area contributed by atoms with Gasteiger partial charge in [0, 0.05) is 12.6 Å². The largest absolute Gasteiger partial charge is 0.466 e. The van der Waals surface area contributed by atoms with E-state index in [1.165, 1.54) is 6.42 Å². The van der Waals surface area contributed by atoms with Gasteiger partial charge in [-0.15, -0.1) is 0 Å². The van der Waals surface area contributed by atoms with Crippen molar-refractivity contribution in [2.75, 3.05) is 13.2 Å². The summed E-state index contributed by atoms with van der Waals surface area (Å²) in [5.74, 6) is -0.146. The van der Waals surface area contributed by atoms with Crippen LogP contribution in [0.3, 0.4) is 0 Å². The molecule has 2 atom stereocenters. The van der Waals surface area contributed by atoms with Crippen LogP contribution >= 0.6 is 0 Å². The van der Waals surface area contributed by atoms with Crippen molar-refractivity contribution in [3.05, 3.63) is 12.2 Å². The van der Waals surface area contributed by atoms with Crippen molar-refractivity contribution in [1.82, 2.24) is 5.32 Å². The summed E-state index contributed by atoms with van der Waals surface area (Å²) < 4.78 is 4.95. The van der Waals surface area contributed by atoms with Crippen molar-refractivity contribution in [2.45, 2.75) is 39.2 Å². The van der Waals surface area contributed by atoms with E-state index in [0.717, 1.165) is 19.4 Å². The van der Waals surface area contributed by atoms with E-state index in [-0.39, 0.29) is 11.9 Å². The Morgan fingerprint density at radius 2 is 2.40 bits per heavy atom. The Morgan fingerprint density at radius 1 is 1.60 bits per heavy atom. The molecule has 0 saturated carbocycles. The third kappa shape index (κ3) is 4.47.